The zero-order valence-corrected chi connectivity index (χ0v) is 12.8. The molecule has 1 aliphatic heterocycles. The molecule has 0 saturated carbocycles. The van der Waals surface area contributed by atoms with Gasteiger partial charge in [0, 0.05) is 17.6 Å². The number of carbonyl (C=O) groups excluding carboxylic acids is 2. The van der Waals surface area contributed by atoms with Crippen LogP contribution in [0.3, 0.4) is 0 Å². The highest BCUT2D eigenvalue weighted by Gasteiger charge is 2.22. The summed E-state index contributed by atoms with van der Waals surface area (Å²) in [5.74, 6) is -0.211. The van der Waals surface area contributed by atoms with Crippen molar-refractivity contribution in [3.05, 3.63) is 53.9 Å². The Balaban J connectivity index is 1.68. The van der Waals surface area contributed by atoms with Crippen molar-refractivity contribution in [2.75, 3.05) is 5.32 Å². The van der Waals surface area contributed by atoms with E-state index in [0.717, 1.165) is 16.1 Å². The average Bonchev–Trinajstić information content (AvgIpc) is 2.54. The molecule has 1 atom stereocenters. The van der Waals surface area contributed by atoms with Crippen molar-refractivity contribution >= 4 is 29.3 Å². The molecule has 3 rings (SSSR count). The van der Waals surface area contributed by atoms with E-state index in [1.54, 1.807) is 36.2 Å². The van der Waals surface area contributed by atoms with Crippen LogP contribution in [-0.4, -0.2) is 22.0 Å². The number of anilines is 1. The van der Waals surface area contributed by atoms with Crippen LogP contribution in [0, 0.1) is 0 Å². The van der Waals surface area contributed by atoms with E-state index in [4.69, 9.17) is 0 Å². The van der Waals surface area contributed by atoms with Crippen molar-refractivity contribution in [1.82, 2.24) is 10.3 Å². The molecule has 1 aromatic heterocycles. The number of fused-ring (bicyclic) bond motifs is 1. The lowest BCUT2D eigenvalue weighted by atomic mass is 10.2. The molecular weight excluding hydrogens is 298 g/mol. The van der Waals surface area contributed by atoms with Crippen molar-refractivity contribution in [2.45, 2.75) is 23.6 Å². The average molecular weight is 313 g/mol. The first-order valence-corrected chi connectivity index (χ1v) is 7.81. The number of nitrogens with one attached hydrogen (secondary N) is 2. The number of aromatic nitrogens is 1. The molecule has 1 unspecified atom stereocenters. The van der Waals surface area contributed by atoms with Crippen LogP contribution in [0.2, 0.25) is 0 Å². The van der Waals surface area contributed by atoms with E-state index < -0.39 is 0 Å². The van der Waals surface area contributed by atoms with Crippen LogP contribution in [0.25, 0.3) is 0 Å². The van der Waals surface area contributed by atoms with Crippen molar-refractivity contribution in [3.63, 3.8) is 0 Å². The molecule has 2 amide bonds. The second kappa shape index (κ2) is 6.19. The summed E-state index contributed by atoms with van der Waals surface area (Å²) in [6, 6.07) is 11.0. The Morgan fingerprint density at radius 1 is 1.36 bits per heavy atom. The Labute approximate surface area is 132 Å². The van der Waals surface area contributed by atoms with Gasteiger partial charge in [0.25, 0.3) is 5.91 Å². The SMILES string of the molecule is CC1Sc2ccc(CNC(=O)c3ccccn3)cc2NC1=O. The fourth-order valence-electron chi connectivity index (χ4n) is 2.14. The fourth-order valence-corrected chi connectivity index (χ4v) is 3.07. The van der Waals surface area contributed by atoms with Crippen LogP contribution in [0.15, 0.2) is 47.5 Å². The van der Waals surface area contributed by atoms with Gasteiger partial charge in [-0.2, -0.15) is 0 Å². The molecule has 2 heterocycles. The summed E-state index contributed by atoms with van der Waals surface area (Å²) in [7, 11) is 0. The molecule has 0 spiro atoms. The van der Waals surface area contributed by atoms with Gasteiger partial charge < -0.3 is 10.6 Å². The molecule has 22 heavy (non-hydrogen) atoms. The van der Waals surface area contributed by atoms with Crippen LogP contribution in [0.1, 0.15) is 23.0 Å². The molecule has 0 aliphatic carbocycles. The predicted molar refractivity (Wildman–Crippen MR) is 85.8 cm³/mol. The third-order valence-electron chi connectivity index (χ3n) is 3.33. The van der Waals surface area contributed by atoms with Gasteiger partial charge in [0.1, 0.15) is 5.69 Å². The lowest BCUT2D eigenvalue weighted by Gasteiger charge is -2.21. The van der Waals surface area contributed by atoms with Crippen LogP contribution in [0.4, 0.5) is 5.69 Å². The number of thioether (sulfide) groups is 1. The van der Waals surface area contributed by atoms with E-state index in [2.05, 4.69) is 15.6 Å². The quantitative estimate of drug-likeness (QED) is 0.913. The zero-order chi connectivity index (χ0) is 15.5. The number of amides is 2. The molecule has 1 aliphatic rings. The summed E-state index contributed by atoms with van der Waals surface area (Å²) in [6.45, 7) is 2.27. The van der Waals surface area contributed by atoms with Gasteiger partial charge in [-0.25, -0.2) is 0 Å². The summed E-state index contributed by atoms with van der Waals surface area (Å²) < 4.78 is 0. The summed E-state index contributed by atoms with van der Waals surface area (Å²) >= 11 is 1.54. The first-order valence-electron chi connectivity index (χ1n) is 6.93. The molecule has 2 N–H and O–H groups in total. The summed E-state index contributed by atoms with van der Waals surface area (Å²) in [4.78, 5) is 28.7. The predicted octanol–water partition coefficient (Wildman–Crippen LogP) is 2.44. The maximum atomic E-state index is 12.0. The summed E-state index contributed by atoms with van der Waals surface area (Å²) in [6.07, 6.45) is 1.59. The van der Waals surface area contributed by atoms with Crippen molar-refractivity contribution in [3.8, 4) is 0 Å². The highest BCUT2D eigenvalue weighted by molar-refractivity contribution is 8.00. The Morgan fingerprint density at radius 3 is 3.00 bits per heavy atom. The number of hydrogen-bond donors (Lipinski definition) is 2. The Kier molecular flexibility index (Phi) is 4.11. The lowest BCUT2D eigenvalue weighted by molar-refractivity contribution is -0.115. The topological polar surface area (TPSA) is 71.1 Å². The number of carbonyl (C=O) groups is 2. The molecule has 2 aromatic rings. The molecule has 0 saturated heterocycles. The van der Waals surface area contributed by atoms with E-state index in [1.807, 2.05) is 25.1 Å². The highest BCUT2D eigenvalue weighted by Crippen LogP contribution is 2.35. The Bertz CT molecular complexity index is 719. The van der Waals surface area contributed by atoms with Gasteiger partial charge in [0.15, 0.2) is 0 Å². The summed E-state index contributed by atoms with van der Waals surface area (Å²) in [5.41, 5.74) is 2.12. The second-order valence-electron chi connectivity index (χ2n) is 4.98. The van der Waals surface area contributed by atoms with Crippen molar-refractivity contribution in [1.29, 1.82) is 0 Å². The van der Waals surface area contributed by atoms with Crippen LogP contribution in [-0.2, 0) is 11.3 Å². The molecule has 112 valence electrons. The molecule has 0 bridgehead atoms. The Morgan fingerprint density at radius 2 is 2.23 bits per heavy atom. The van der Waals surface area contributed by atoms with E-state index in [-0.39, 0.29) is 17.1 Å². The Hall–Kier alpha value is -2.34. The van der Waals surface area contributed by atoms with Gasteiger partial charge in [-0.1, -0.05) is 12.1 Å². The smallest absolute Gasteiger partial charge is 0.270 e. The van der Waals surface area contributed by atoms with Gasteiger partial charge >= 0.3 is 0 Å². The zero-order valence-electron chi connectivity index (χ0n) is 12.0. The van der Waals surface area contributed by atoms with E-state index in [0.29, 0.717) is 12.2 Å². The molecular formula is C16H15N3O2S. The van der Waals surface area contributed by atoms with Gasteiger partial charge in [-0.05, 0) is 36.8 Å². The van der Waals surface area contributed by atoms with Gasteiger partial charge in [0.2, 0.25) is 5.91 Å². The normalized spacial score (nSPS) is 16.6. The van der Waals surface area contributed by atoms with Gasteiger partial charge in [-0.15, -0.1) is 11.8 Å². The van der Waals surface area contributed by atoms with Crippen molar-refractivity contribution in [2.24, 2.45) is 0 Å². The molecule has 6 heteroatoms. The minimum Gasteiger partial charge on any atom is -0.347 e. The minimum atomic E-state index is -0.217. The van der Waals surface area contributed by atoms with Crippen LogP contribution >= 0.6 is 11.8 Å². The number of nitrogens with zero attached hydrogens (tertiary/aromatic N) is 1. The lowest BCUT2D eigenvalue weighted by Crippen LogP contribution is -2.27. The molecule has 5 nitrogen and oxygen atoms in total. The fraction of sp³-hybridized carbons (Fsp3) is 0.188. The van der Waals surface area contributed by atoms with Gasteiger partial charge in [0.05, 0.1) is 10.9 Å². The van der Waals surface area contributed by atoms with E-state index >= 15 is 0 Å². The molecule has 0 radical (unpaired) electrons. The van der Waals surface area contributed by atoms with E-state index in [1.165, 1.54) is 0 Å². The van der Waals surface area contributed by atoms with Crippen LogP contribution in [0.5, 0.6) is 0 Å². The van der Waals surface area contributed by atoms with Gasteiger partial charge in [-0.3, -0.25) is 14.6 Å². The second-order valence-corrected chi connectivity index (χ2v) is 6.36. The largest absolute Gasteiger partial charge is 0.347 e. The number of benzene rings is 1. The number of rotatable bonds is 3. The van der Waals surface area contributed by atoms with E-state index in [9.17, 15) is 9.59 Å². The van der Waals surface area contributed by atoms with Crippen molar-refractivity contribution < 1.29 is 9.59 Å². The highest BCUT2D eigenvalue weighted by atomic mass is 32.2. The maximum Gasteiger partial charge on any atom is 0.270 e. The third-order valence-corrected chi connectivity index (χ3v) is 4.50. The van der Waals surface area contributed by atoms with Crippen LogP contribution < -0.4 is 10.6 Å². The number of hydrogen-bond acceptors (Lipinski definition) is 4. The minimum absolute atomic E-state index is 0.00664. The third kappa shape index (κ3) is 3.12. The monoisotopic (exact) mass is 313 g/mol. The summed E-state index contributed by atoms with van der Waals surface area (Å²) in [5, 5.41) is 5.62. The molecule has 0 fully saturated rings. The first-order chi connectivity index (χ1) is 10.6. The standard InChI is InChI=1S/C16H15N3O2S/c1-10-15(20)19-13-8-11(5-6-14(13)22-10)9-18-16(21)12-4-2-3-7-17-12/h2-8,10H,9H2,1H3,(H,18,21)(H,19,20). The molecule has 1 aromatic carbocycles. The number of pyridine rings is 1. The maximum absolute atomic E-state index is 12.0. The first kappa shape index (κ1) is 14.6.